The molecule has 168 valence electrons. The Labute approximate surface area is 179 Å². The Kier molecular flexibility index (Phi) is 10.4. The number of nitrogens with one attached hydrogen (secondary N) is 3. The van der Waals surface area contributed by atoms with Gasteiger partial charge in [0.15, 0.2) is 17.5 Å². The van der Waals surface area contributed by atoms with E-state index < -0.39 is 0 Å². The van der Waals surface area contributed by atoms with Crippen LogP contribution in [0.4, 0.5) is 4.39 Å². The monoisotopic (exact) mass is 421 g/mol. The SMILES string of the molecule is CCCNC(=O)CN1CCC(NC(=NCC(C)Oc2ccccc2F)NCC)CC1. The molecule has 1 aliphatic rings. The molecule has 1 heterocycles. The van der Waals surface area contributed by atoms with Crippen LogP contribution in [-0.2, 0) is 4.79 Å². The Morgan fingerprint density at radius 2 is 2.00 bits per heavy atom. The normalized spacial score (nSPS) is 16.7. The van der Waals surface area contributed by atoms with Crippen molar-refractivity contribution in [3.63, 3.8) is 0 Å². The van der Waals surface area contributed by atoms with Gasteiger partial charge in [-0.2, -0.15) is 0 Å². The van der Waals surface area contributed by atoms with Gasteiger partial charge in [-0.25, -0.2) is 9.38 Å². The zero-order valence-corrected chi connectivity index (χ0v) is 18.4. The molecule has 1 fully saturated rings. The summed E-state index contributed by atoms with van der Waals surface area (Å²) in [6, 6.07) is 6.70. The largest absolute Gasteiger partial charge is 0.486 e. The number of nitrogens with zero attached hydrogens (tertiary/aromatic N) is 2. The number of halogens is 1. The van der Waals surface area contributed by atoms with Gasteiger partial charge < -0.3 is 20.7 Å². The summed E-state index contributed by atoms with van der Waals surface area (Å²) in [5, 5.41) is 9.66. The number of rotatable bonds is 10. The molecule has 1 saturated heterocycles. The molecule has 0 spiro atoms. The van der Waals surface area contributed by atoms with Crippen LogP contribution in [-0.4, -0.2) is 68.2 Å². The predicted octanol–water partition coefficient (Wildman–Crippen LogP) is 2.14. The third-order valence-corrected chi connectivity index (χ3v) is 4.88. The van der Waals surface area contributed by atoms with Crippen LogP contribution >= 0.6 is 0 Å². The van der Waals surface area contributed by atoms with Gasteiger partial charge in [0.1, 0.15) is 6.10 Å². The maximum Gasteiger partial charge on any atom is 0.234 e. The summed E-state index contributed by atoms with van der Waals surface area (Å²) in [5.74, 6) is 0.713. The second kappa shape index (κ2) is 13.1. The van der Waals surface area contributed by atoms with Gasteiger partial charge in [-0.05, 0) is 45.2 Å². The van der Waals surface area contributed by atoms with Crippen molar-refractivity contribution in [2.24, 2.45) is 4.99 Å². The third kappa shape index (κ3) is 8.57. The number of ether oxygens (including phenoxy) is 1. The molecular weight excluding hydrogens is 385 g/mol. The lowest BCUT2D eigenvalue weighted by Gasteiger charge is -2.32. The molecule has 2 rings (SSSR count). The first-order chi connectivity index (χ1) is 14.5. The molecule has 3 N–H and O–H groups in total. The topological polar surface area (TPSA) is 78.0 Å². The highest BCUT2D eigenvalue weighted by atomic mass is 19.1. The maximum absolute atomic E-state index is 13.7. The van der Waals surface area contributed by atoms with Gasteiger partial charge in [-0.15, -0.1) is 0 Å². The zero-order valence-electron chi connectivity index (χ0n) is 18.4. The number of piperidine rings is 1. The van der Waals surface area contributed by atoms with Crippen LogP contribution in [0.15, 0.2) is 29.3 Å². The number of guanidine groups is 1. The third-order valence-electron chi connectivity index (χ3n) is 4.88. The van der Waals surface area contributed by atoms with Crippen molar-refractivity contribution in [1.29, 1.82) is 0 Å². The van der Waals surface area contributed by atoms with Gasteiger partial charge >= 0.3 is 0 Å². The van der Waals surface area contributed by atoms with E-state index in [9.17, 15) is 9.18 Å². The Hall–Kier alpha value is -2.35. The summed E-state index contributed by atoms with van der Waals surface area (Å²) in [5.41, 5.74) is 0. The van der Waals surface area contributed by atoms with Gasteiger partial charge in [-0.3, -0.25) is 9.69 Å². The molecule has 0 saturated carbocycles. The van der Waals surface area contributed by atoms with Crippen LogP contribution in [0.25, 0.3) is 0 Å². The molecule has 0 aromatic heterocycles. The molecule has 0 bridgehead atoms. The summed E-state index contributed by atoms with van der Waals surface area (Å²) in [6.45, 7) is 10.1. The van der Waals surface area contributed by atoms with Crippen molar-refractivity contribution in [2.45, 2.75) is 52.2 Å². The van der Waals surface area contributed by atoms with E-state index in [1.807, 2.05) is 20.8 Å². The fourth-order valence-electron chi connectivity index (χ4n) is 3.29. The highest BCUT2D eigenvalue weighted by molar-refractivity contribution is 5.80. The fraction of sp³-hybridized carbons (Fsp3) is 0.636. The number of likely N-dealkylation sites (tertiary alicyclic amines) is 1. The summed E-state index contributed by atoms with van der Waals surface area (Å²) < 4.78 is 19.4. The van der Waals surface area contributed by atoms with Crippen LogP contribution in [0, 0.1) is 5.82 Å². The zero-order chi connectivity index (χ0) is 21.8. The van der Waals surface area contributed by atoms with Crippen molar-refractivity contribution in [3.8, 4) is 5.75 Å². The average Bonchev–Trinajstić information content (AvgIpc) is 2.74. The Morgan fingerprint density at radius 1 is 1.27 bits per heavy atom. The van der Waals surface area contributed by atoms with Crippen LogP contribution in [0.3, 0.4) is 0 Å². The van der Waals surface area contributed by atoms with E-state index in [1.165, 1.54) is 6.07 Å². The molecular formula is C22H36FN5O2. The molecule has 1 aromatic rings. The van der Waals surface area contributed by atoms with Gasteiger partial charge in [0.25, 0.3) is 0 Å². The van der Waals surface area contributed by atoms with Crippen molar-refractivity contribution in [3.05, 3.63) is 30.1 Å². The second-order valence-electron chi connectivity index (χ2n) is 7.62. The minimum atomic E-state index is -0.367. The first kappa shape index (κ1) is 23.9. The summed E-state index contributed by atoms with van der Waals surface area (Å²) >= 11 is 0. The molecule has 30 heavy (non-hydrogen) atoms. The van der Waals surface area contributed by atoms with Crippen LogP contribution in [0.5, 0.6) is 5.75 Å². The Morgan fingerprint density at radius 3 is 2.67 bits per heavy atom. The number of aliphatic imine (C=N–C) groups is 1. The average molecular weight is 422 g/mol. The molecule has 1 aliphatic heterocycles. The predicted molar refractivity (Wildman–Crippen MR) is 118 cm³/mol. The molecule has 0 radical (unpaired) electrons. The summed E-state index contributed by atoms with van der Waals surface area (Å²) in [7, 11) is 0. The number of benzene rings is 1. The van der Waals surface area contributed by atoms with E-state index in [0.29, 0.717) is 19.1 Å². The minimum Gasteiger partial charge on any atom is -0.486 e. The molecule has 0 aliphatic carbocycles. The summed E-state index contributed by atoms with van der Waals surface area (Å²) in [4.78, 5) is 18.7. The lowest BCUT2D eigenvalue weighted by molar-refractivity contribution is -0.122. The lowest BCUT2D eigenvalue weighted by atomic mass is 10.1. The number of hydrogen-bond acceptors (Lipinski definition) is 4. The van der Waals surface area contributed by atoms with E-state index in [1.54, 1.807) is 18.2 Å². The standard InChI is InChI=1S/C22H36FN5O2/c1-4-12-25-21(29)16-28-13-10-18(11-14-28)27-22(24-5-2)26-15-17(3)30-20-9-7-6-8-19(20)23/h6-9,17-18H,4-5,10-16H2,1-3H3,(H,25,29)(H2,24,26,27). The number of carbonyl (C=O) groups excluding carboxylic acids is 1. The van der Waals surface area contributed by atoms with Crippen molar-refractivity contribution >= 4 is 11.9 Å². The van der Waals surface area contributed by atoms with Gasteiger partial charge in [-0.1, -0.05) is 19.1 Å². The van der Waals surface area contributed by atoms with Crippen LogP contribution in [0.1, 0.15) is 40.0 Å². The number of hydrogen-bond donors (Lipinski definition) is 3. The van der Waals surface area contributed by atoms with Gasteiger partial charge in [0.05, 0.1) is 13.1 Å². The van der Waals surface area contributed by atoms with E-state index in [4.69, 9.17) is 4.74 Å². The number of carbonyl (C=O) groups is 1. The molecule has 1 atom stereocenters. The van der Waals surface area contributed by atoms with E-state index in [0.717, 1.165) is 51.4 Å². The number of amides is 1. The highest BCUT2D eigenvalue weighted by Crippen LogP contribution is 2.17. The van der Waals surface area contributed by atoms with Crippen LogP contribution in [0.2, 0.25) is 0 Å². The van der Waals surface area contributed by atoms with Gasteiger partial charge in [0.2, 0.25) is 5.91 Å². The van der Waals surface area contributed by atoms with E-state index in [-0.39, 0.29) is 23.6 Å². The lowest BCUT2D eigenvalue weighted by Crippen LogP contribution is -2.50. The highest BCUT2D eigenvalue weighted by Gasteiger charge is 2.21. The van der Waals surface area contributed by atoms with Crippen molar-refractivity contribution in [1.82, 2.24) is 20.9 Å². The molecule has 1 amide bonds. The van der Waals surface area contributed by atoms with Crippen molar-refractivity contribution < 1.29 is 13.9 Å². The quantitative estimate of drug-likeness (QED) is 0.399. The summed E-state index contributed by atoms with van der Waals surface area (Å²) in [6.07, 6.45) is 2.61. The fourth-order valence-corrected chi connectivity index (χ4v) is 3.29. The second-order valence-corrected chi connectivity index (χ2v) is 7.62. The van der Waals surface area contributed by atoms with E-state index >= 15 is 0 Å². The molecule has 1 aromatic carbocycles. The van der Waals surface area contributed by atoms with Crippen LogP contribution < -0.4 is 20.7 Å². The van der Waals surface area contributed by atoms with E-state index in [2.05, 4.69) is 25.8 Å². The number of para-hydroxylation sites is 1. The first-order valence-electron chi connectivity index (χ1n) is 11.0. The molecule has 1 unspecified atom stereocenters. The Bertz CT molecular complexity index is 677. The Balaban J connectivity index is 1.78. The van der Waals surface area contributed by atoms with Gasteiger partial charge in [0, 0.05) is 32.2 Å². The van der Waals surface area contributed by atoms with Crippen molar-refractivity contribution in [2.75, 3.05) is 39.3 Å². The maximum atomic E-state index is 13.7. The first-order valence-corrected chi connectivity index (χ1v) is 11.0. The minimum absolute atomic E-state index is 0.0991. The molecule has 7 nitrogen and oxygen atoms in total. The smallest absolute Gasteiger partial charge is 0.234 e. The molecule has 8 heteroatoms.